The Morgan fingerprint density at radius 1 is 1.17 bits per heavy atom. The lowest BCUT2D eigenvalue weighted by Crippen LogP contribution is -2.56. The fraction of sp³-hybridized carbons (Fsp3) is 0.364. The van der Waals surface area contributed by atoms with Crippen molar-refractivity contribution in [1.82, 2.24) is 0 Å². The van der Waals surface area contributed by atoms with Gasteiger partial charge in [-0.1, -0.05) is 22.0 Å². The van der Waals surface area contributed by atoms with Crippen LogP contribution in [-0.4, -0.2) is 34.8 Å². The van der Waals surface area contributed by atoms with Crippen LogP contribution in [-0.2, 0) is 16.0 Å². The first-order valence-corrected chi connectivity index (χ1v) is 10.3. The Labute approximate surface area is 178 Å². The minimum atomic E-state index is -1.05. The van der Waals surface area contributed by atoms with Crippen molar-refractivity contribution in [3.8, 4) is 5.75 Å². The average molecular weight is 459 g/mol. The van der Waals surface area contributed by atoms with Crippen molar-refractivity contribution in [3.05, 3.63) is 52.5 Å². The molecular weight excluding hydrogens is 436 g/mol. The number of phenolic OH excluding ortho intramolecular Hbond substituents is 1. The Morgan fingerprint density at radius 2 is 1.86 bits per heavy atom. The first-order chi connectivity index (χ1) is 13.6. The van der Waals surface area contributed by atoms with Crippen LogP contribution in [0.3, 0.4) is 0 Å². The van der Waals surface area contributed by atoms with Gasteiger partial charge in [0.15, 0.2) is 0 Å². The van der Waals surface area contributed by atoms with E-state index < -0.39 is 17.2 Å². The normalized spacial score (nSPS) is 21.0. The summed E-state index contributed by atoms with van der Waals surface area (Å²) in [4.78, 5) is 30.0. The van der Waals surface area contributed by atoms with E-state index in [2.05, 4.69) is 15.9 Å². The fourth-order valence-corrected chi connectivity index (χ4v) is 4.37. The molecule has 2 aliphatic rings. The minimum Gasteiger partial charge on any atom is -0.508 e. The van der Waals surface area contributed by atoms with E-state index in [1.165, 1.54) is 11.0 Å². The van der Waals surface area contributed by atoms with Crippen molar-refractivity contribution in [3.63, 3.8) is 0 Å². The van der Waals surface area contributed by atoms with Crippen molar-refractivity contribution in [1.29, 1.82) is 0 Å². The molecule has 152 valence electrons. The van der Waals surface area contributed by atoms with Gasteiger partial charge in [0.25, 0.3) is 5.91 Å². The Kier molecular flexibility index (Phi) is 4.61. The van der Waals surface area contributed by atoms with Crippen molar-refractivity contribution >= 4 is 39.3 Å². The smallest absolute Gasteiger partial charge is 0.415 e. The minimum absolute atomic E-state index is 0.0459. The second-order valence-electron chi connectivity index (χ2n) is 8.52. The molecule has 6 nitrogen and oxygen atoms in total. The molecule has 4 rings (SSSR count). The fourth-order valence-electron chi connectivity index (χ4n) is 4.11. The molecule has 1 saturated heterocycles. The summed E-state index contributed by atoms with van der Waals surface area (Å²) in [5, 5.41) is 10.0. The Bertz CT molecular complexity index is 983. The predicted molar refractivity (Wildman–Crippen MR) is 114 cm³/mol. The van der Waals surface area contributed by atoms with E-state index in [0.717, 1.165) is 15.7 Å². The molecule has 2 aromatic carbocycles. The monoisotopic (exact) mass is 458 g/mol. The summed E-state index contributed by atoms with van der Waals surface area (Å²) in [5.74, 6) is -0.0917. The van der Waals surface area contributed by atoms with Gasteiger partial charge in [-0.2, -0.15) is 0 Å². The van der Waals surface area contributed by atoms with Crippen molar-refractivity contribution in [2.75, 3.05) is 16.3 Å². The van der Waals surface area contributed by atoms with Crippen LogP contribution in [0.5, 0.6) is 5.75 Å². The molecule has 2 aliphatic heterocycles. The molecule has 1 atom stereocenters. The molecule has 0 aromatic heterocycles. The highest BCUT2D eigenvalue weighted by molar-refractivity contribution is 9.10. The standard InChI is InChI=1S/C22H23BrN2O4/c1-21(2,3)29-20(28)25-18-12-17(26)9-4-14(18)13-22(25)10-11-24(19(22)27)16-7-5-15(23)6-8-16/h4-9,12,26H,10-11,13H2,1-3H3. The lowest BCUT2D eigenvalue weighted by Gasteiger charge is -2.35. The number of carbonyl (C=O) groups is 2. The maximum atomic E-state index is 13.7. The molecule has 0 aliphatic carbocycles. The zero-order valence-electron chi connectivity index (χ0n) is 16.6. The van der Waals surface area contributed by atoms with Gasteiger partial charge in [-0.05, 0) is 63.1 Å². The number of aromatic hydroxyl groups is 1. The van der Waals surface area contributed by atoms with E-state index in [4.69, 9.17) is 4.74 Å². The zero-order chi connectivity index (χ0) is 21.0. The van der Waals surface area contributed by atoms with E-state index in [9.17, 15) is 14.7 Å². The first-order valence-electron chi connectivity index (χ1n) is 9.53. The molecule has 2 heterocycles. The average Bonchev–Trinajstić information content (AvgIpc) is 3.12. The number of ether oxygens (including phenoxy) is 1. The number of amides is 2. The van der Waals surface area contributed by atoms with E-state index in [-0.39, 0.29) is 11.7 Å². The van der Waals surface area contributed by atoms with E-state index in [1.54, 1.807) is 37.8 Å². The third-order valence-corrected chi connectivity index (χ3v) is 5.86. The van der Waals surface area contributed by atoms with Crippen LogP contribution in [0.2, 0.25) is 0 Å². The van der Waals surface area contributed by atoms with Gasteiger partial charge in [0.05, 0.1) is 5.69 Å². The third-order valence-electron chi connectivity index (χ3n) is 5.33. The van der Waals surface area contributed by atoms with Gasteiger partial charge < -0.3 is 14.7 Å². The molecule has 1 spiro atoms. The van der Waals surface area contributed by atoms with Gasteiger partial charge in [0.1, 0.15) is 16.9 Å². The SMILES string of the molecule is CC(C)(C)OC(=O)N1c2cc(O)ccc2CC12CCN(c1ccc(Br)cc1)C2=O. The van der Waals surface area contributed by atoms with Crippen LogP contribution >= 0.6 is 15.9 Å². The molecule has 1 N–H and O–H groups in total. The summed E-state index contributed by atoms with van der Waals surface area (Å²) in [6.07, 6.45) is 0.303. The van der Waals surface area contributed by atoms with Gasteiger partial charge in [0.2, 0.25) is 0 Å². The molecular formula is C22H23BrN2O4. The number of nitrogens with zero attached hydrogens (tertiary/aromatic N) is 2. The molecule has 2 amide bonds. The van der Waals surface area contributed by atoms with Gasteiger partial charge in [-0.3, -0.25) is 9.69 Å². The molecule has 0 saturated carbocycles. The number of fused-ring (bicyclic) bond motifs is 1. The third kappa shape index (κ3) is 3.37. The maximum absolute atomic E-state index is 13.7. The zero-order valence-corrected chi connectivity index (χ0v) is 18.2. The van der Waals surface area contributed by atoms with Gasteiger partial charge in [-0.25, -0.2) is 4.79 Å². The Hall–Kier alpha value is -2.54. The number of hydrogen-bond donors (Lipinski definition) is 1. The molecule has 29 heavy (non-hydrogen) atoms. The van der Waals surface area contributed by atoms with Crippen LogP contribution in [0.25, 0.3) is 0 Å². The largest absolute Gasteiger partial charge is 0.508 e. The van der Waals surface area contributed by atoms with Crippen LogP contribution in [0.4, 0.5) is 16.2 Å². The van der Waals surface area contributed by atoms with Crippen molar-refractivity contribution < 1.29 is 19.4 Å². The molecule has 7 heteroatoms. The number of anilines is 2. The molecule has 1 fully saturated rings. The number of rotatable bonds is 1. The number of halogens is 1. The highest BCUT2D eigenvalue weighted by atomic mass is 79.9. The number of hydrogen-bond acceptors (Lipinski definition) is 4. The summed E-state index contributed by atoms with van der Waals surface area (Å²) < 4.78 is 6.57. The second kappa shape index (κ2) is 6.76. The topological polar surface area (TPSA) is 70.1 Å². The van der Waals surface area contributed by atoms with Crippen molar-refractivity contribution in [2.45, 2.75) is 44.8 Å². The highest BCUT2D eigenvalue weighted by Gasteiger charge is 2.58. The number of benzene rings is 2. The number of phenols is 1. The summed E-state index contributed by atoms with van der Waals surface area (Å²) in [6, 6.07) is 12.4. The molecule has 1 unspecified atom stereocenters. The molecule has 2 aromatic rings. The van der Waals surface area contributed by atoms with Crippen LogP contribution in [0, 0.1) is 0 Å². The van der Waals surface area contributed by atoms with Crippen LogP contribution < -0.4 is 9.80 Å². The second-order valence-corrected chi connectivity index (χ2v) is 9.44. The summed E-state index contributed by atoms with van der Waals surface area (Å²) in [7, 11) is 0. The lowest BCUT2D eigenvalue weighted by molar-refractivity contribution is -0.121. The van der Waals surface area contributed by atoms with Gasteiger partial charge >= 0.3 is 6.09 Å². The number of carbonyl (C=O) groups excluding carboxylic acids is 2. The highest BCUT2D eigenvalue weighted by Crippen LogP contribution is 2.47. The van der Waals surface area contributed by atoms with E-state index >= 15 is 0 Å². The predicted octanol–water partition coefficient (Wildman–Crippen LogP) is 4.63. The molecule has 0 bridgehead atoms. The van der Waals surface area contributed by atoms with E-state index in [1.807, 2.05) is 24.3 Å². The van der Waals surface area contributed by atoms with Crippen molar-refractivity contribution in [2.24, 2.45) is 0 Å². The quantitative estimate of drug-likeness (QED) is 0.676. The maximum Gasteiger partial charge on any atom is 0.415 e. The van der Waals surface area contributed by atoms with Crippen LogP contribution in [0.1, 0.15) is 32.8 Å². The lowest BCUT2D eigenvalue weighted by atomic mass is 9.92. The first kappa shape index (κ1) is 19.8. The Morgan fingerprint density at radius 3 is 2.52 bits per heavy atom. The van der Waals surface area contributed by atoms with Crippen LogP contribution in [0.15, 0.2) is 46.9 Å². The summed E-state index contributed by atoms with van der Waals surface area (Å²) in [6.45, 7) is 5.88. The van der Waals surface area contributed by atoms with Gasteiger partial charge in [0, 0.05) is 29.2 Å². The molecule has 0 radical (unpaired) electrons. The van der Waals surface area contributed by atoms with E-state index in [0.29, 0.717) is 25.1 Å². The summed E-state index contributed by atoms with van der Waals surface area (Å²) >= 11 is 3.42. The summed E-state index contributed by atoms with van der Waals surface area (Å²) in [5.41, 5.74) is 0.416. The van der Waals surface area contributed by atoms with Gasteiger partial charge in [-0.15, -0.1) is 0 Å². The Balaban J connectivity index is 1.76.